The average Bonchev–Trinajstić information content (AvgIpc) is 3.57. The molecule has 2 atom stereocenters. The number of sulfonamides is 1. The number of hydrogen-bond acceptors (Lipinski definition) is 8. The number of pyridine rings is 2. The summed E-state index contributed by atoms with van der Waals surface area (Å²) in [6.45, 7) is 3.62. The molecule has 2 aromatic heterocycles. The fourth-order valence-corrected chi connectivity index (χ4v) is 6.15. The number of nitrogens with zero attached hydrogens (tertiary/aromatic N) is 4. The second-order valence-corrected chi connectivity index (χ2v) is 12.2. The molecule has 0 aromatic carbocycles. The van der Waals surface area contributed by atoms with E-state index in [0.717, 1.165) is 31.2 Å². The zero-order valence-electron chi connectivity index (χ0n) is 21.0. The number of primary sulfonamides is 1. The first kappa shape index (κ1) is 25.2. The largest absolute Gasteiger partial charge is 0.474 e. The monoisotopic (exact) mass is 541 g/mol. The van der Waals surface area contributed by atoms with E-state index < -0.39 is 10.0 Å². The second kappa shape index (κ2) is 9.90. The molecule has 11 nitrogen and oxygen atoms in total. The van der Waals surface area contributed by atoms with E-state index in [0.29, 0.717) is 62.3 Å². The zero-order valence-corrected chi connectivity index (χ0v) is 21.8. The predicted octanol–water partition coefficient (Wildman–Crippen LogP) is 1.40. The van der Waals surface area contributed by atoms with Crippen molar-refractivity contribution in [3.8, 4) is 5.88 Å². The Morgan fingerprint density at radius 1 is 0.895 bits per heavy atom. The Labute approximate surface area is 221 Å². The van der Waals surface area contributed by atoms with Crippen LogP contribution in [0.3, 0.4) is 0 Å². The molecule has 1 aliphatic carbocycles. The van der Waals surface area contributed by atoms with Gasteiger partial charge in [-0.3, -0.25) is 9.59 Å². The fraction of sp³-hybridized carbons (Fsp3) is 0.538. The van der Waals surface area contributed by atoms with Crippen LogP contribution in [0.5, 0.6) is 5.88 Å². The molecule has 0 bridgehead atoms. The van der Waals surface area contributed by atoms with Crippen LogP contribution < -0.4 is 9.88 Å². The minimum Gasteiger partial charge on any atom is -0.474 e. The molecule has 4 aliphatic rings. The summed E-state index contributed by atoms with van der Waals surface area (Å²) in [6.07, 6.45) is 6.83. The number of likely N-dealkylation sites (tertiary alicyclic amines) is 2. The minimum absolute atomic E-state index is 0.0351. The van der Waals surface area contributed by atoms with Crippen LogP contribution in [0.25, 0.3) is 0 Å². The molecule has 4 fully saturated rings. The summed E-state index contributed by atoms with van der Waals surface area (Å²) in [5.74, 6) is 1.18. The summed E-state index contributed by atoms with van der Waals surface area (Å²) in [6, 6.07) is 4.63. The summed E-state index contributed by atoms with van der Waals surface area (Å²) < 4.78 is 34.5. The van der Waals surface area contributed by atoms with E-state index in [1.165, 1.54) is 18.3 Å². The maximum Gasteiger partial charge on any atom is 0.255 e. The Bertz CT molecular complexity index is 1330. The van der Waals surface area contributed by atoms with E-state index >= 15 is 0 Å². The lowest BCUT2D eigenvalue weighted by Gasteiger charge is -2.24. The van der Waals surface area contributed by atoms with E-state index in [4.69, 9.17) is 14.6 Å². The second-order valence-electron chi connectivity index (χ2n) is 10.7. The van der Waals surface area contributed by atoms with Gasteiger partial charge in [0.05, 0.1) is 24.3 Å². The molecule has 1 unspecified atom stereocenters. The number of fused-ring (bicyclic) bond motifs is 1. The van der Waals surface area contributed by atoms with Crippen LogP contribution in [0.2, 0.25) is 0 Å². The molecule has 202 valence electrons. The van der Waals surface area contributed by atoms with Gasteiger partial charge in [0.15, 0.2) is 5.03 Å². The third-order valence-corrected chi connectivity index (χ3v) is 8.75. The number of hydrogen-bond donors (Lipinski definition) is 1. The van der Waals surface area contributed by atoms with Crippen molar-refractivity contribution in [2.45, 2.75) is 42.7 Å². The lowest BCUT2D eigenvalue weighted by molar-refractivity contribution is 0.0233. The summed E-state index contributed by atoms with van der Waals surface area (Å²) >= 11 is 0. The lowest BCUT2D eigenvalue weighted by atomic mass is 10.0. The Hall–Kier alpha value is -3.09. The van der Waals surface area contributed by atoms with Crippen LogP contribution in [-0.4, -0.2) is 85.5 Å². The molecule has 3 saturated heterocycles. The van der Waals surface area contributed by atoms with Crippen LogP contribution in [0.1, 0.15) is 57.9 Å². The summed E-state index contributed by atoms with van der Waals surface area (Å²) in [4.78, 5) is 38.4. The average molecular weight is 542 g/mol. The van der Waals surface area contributed by atoms with Gasteiger partial charge in [-0.15, -0.1) is 0 Å². The molecule has 2 N–H and O–H groups in total. The fourth-order valence-electron chi connectivity index (χ4n) is 5.69. The van der Waals surface area contributed by atoms with Crippen molar-refractivity contribution in [3.63, 3.8) is 0 Å². The van der Waals surface area contributed by atoms with Gasteiger partial charge < -0.3 is 19.3 Å². The Morgan fingerprint density at radius 2 is 1.50 bits per heavy atom. The molecule has 1 saturated carbocycles. The van der Waals surface area contributed by atoms with Gasteiger partial charge in [-0.25, -0.2) is 23.5 Å². The highest BCUT2D eigenvalue weighted by Gasteiger charge is 2.43. The highest BCUT2D eigenvalue weighted by atomic mass is 32.2. The number of aromatic nitrogens is 2. The van der Waals surface area contributed by atoms with Crippen molar-refractivity contribution < 1.29 is 27.5 Å². The van der Waals surface area contributed by atoms with Crippen LogP contribution in [0.4, 0.5) is 0 Å². The van der Waals surface area contributed by atoms with Crippen LogP contribution >= 0.6 is 0 Å². The first-order valence-electron chi connectivity index (χ1n) is 13.1. The topological polar surface area (TPSA) is 145 Å². The first-order valence-corrected chi connectivity index (χ1v) is 14.6. The van der Waals surface area contributed by atoms with Crippen molar-refractivity contribution in [2.24, 2.45) is 17.0 Å². The van der Waals surface area contributed by atoms with E-state index in [2.05, 4.69) is 9.97 Å². The maximum absolute atomic E-state index is 13.4. The number of nitrogens with two attached hydrogens (primary N) is 1. The Kier molecular flexibility index (Phi) is 6.57. The number of carbonyl (C=O) groups is 2. The molecule has 0 radical (unpaired) electrons. The lowest BCUT2D eigenvalue weighted by Crippen LogP contribution is -2.35. The Balaban J connectivity index is 1.09. The molecule has 2 aromatic rings. The number of ether oxygens (including phenoxy) is 2. The minimum atomic E-state index is -3.92. The first-order chi connectivity index (χ1) is 18.3. The summed E-state index contributed by atoms with van der Waals surface area (Å²) in [7, 11) is -3.92. The van der Waals surface area contributed by atoms with Gasteiger partial charge in [0.25, 0.3) is 21.8 Å². The van der Waals surface area contributed by atoms with Gasteiger partial charge in [-0.05, 0) is 37.0 Å². The third kappa shape index (κ3) is 5.12. The van der Waals surface area contributed by atoms with Gasteiger partial charge >= 0.3 is 0 Å². The Morgan fingerprint density at radius 3 is 2.05 bits per heavy atom. The molecule has 38 heavy (non-hydrogen) atoms. The molecule has 6 rings (SSSR count). The van der Waals surface area contributed by atoms with Gasteiger partial charge in [-0.2, -0.15) is 0 Å². The van der Waals surface area contributed by atoms with Crippen molar-refractivity contribution in [2.75, 3.05) is 39.4 Å². The third-order valence-electron chi connectivity index (χ3n) is 7.93. The SMILES string of the molecule is NS(=O)(=O)c1ccc(C(=O)N2CC3CN(C(=O)c4cnc(OC5CCOCC5)c(C5CC5)c4)C[C@@H]3C2)cn1. The van der Waals surface area contributed by atoms with Gasteiger partial charge in [0.1, 0.15) is 6.10 Å². The van der Waals surface area contributed by atoms with Crippen LogP contribution in [-0.2, 0) is 14.8 Å². The molecule has 5 heterocycles. The van der Waals surface area contributed by atoms with E-state index in [-0.39, 0.29) is 34.8 Å². The van der Waals surface area contributed by atoms with Gasteiger partial charge in [0, 0.05) is 68.8 Å². The predicted molar refractivity (Wildman–Crippen MR) is 135 cm³/mol. The number of carbonyl (C=O) groups excluding carboxylic acids is 2. The smallest absolute Gasteiger partial charge is 0.255 e. The molecule has 0 spiro atoms. The number of rotatable bonds is 6. The van der Waals surface area contributed by atoms with Crippen molar-refractivity contribution in [1.82, 2.24) is 19.8 Å². The summed E-state index contributed by atoms with van der Waals surface area (Å²) in [5.41, 5.74) is 1.92. The molecular formula is C26H31N5O6S. The van der Waals surface area contributed by atoms with Gasteiger partial charge in [-0.1, -0.05) is 0 Å². The molecule has 3 aliphatic heterocycles. The highest BCUT2D eigenvalue weighted by Crippen LogP contribution is 2.44. The quantitative estimate of drug-likeness (QED) is 0.578. The zero-order chi connectivity index (χ0) is 26.4. The van der Waals surface area contributed by atoms with Crippen molar-refractivity contribution >= 4 is 21.8 Å². The van der Waals surface area contributed by atoms with E-state index in [9.17, 15) is 18.0 Å². The van der Waals surface area contributed by atoms with E-state index in [1.807, 2.05) is 11.0 Å². The maximum atomic E-state index is 13.4. The van der Waals surface area contributed by atoms with Crippen LogP contribution in [0, 0.1) is 11.8 Å². The molecule has 2 amide bonds. The number of amides is 2. The van der Waals surface area contributed by atoms with Gasteiger partial charge in [0.2, 0.25) is 5.88 Å². The molecule has 12 heteroatoms. The standard InChI is InChI=1S/C26H31N5O6S/c27-38(34,35)23-4-3-17(10-28-23)25(32)30-12-19-14-31(15-20(19)13-30)26(33)18-9-22(16-1-2-16)24(29-11-18)37-21-5-7-36-8-6-21/h3-4,9-11,16,19-21H,1-2,5-8,12-15H2,(H2,27,34,35)/t19-,20?/m0/s1. The molecular weight excluding hydrogens is 510 g/mol. The normalized spacial score (nSPS) is 23.9. The van der Waals surface area contributed by atoms with Crippen LogP contribution in [0.15, 0.2) is 35.6 Å². The van der Waals surface area contributed by atoms with Crippen molar-refractivity contribution in [1.29, 1.82) is 0 Å². The highest BCUT2D eigenvalue weighted by molar-refractivity contribution is 7.89. The van der Waals surface area contributed by atoms with E-state index in [1.54, 1.807) is 11.1 Å². The van der Waals surface area contributed by atoms with Crippen molar-refractivity contribution in [3.05, 3.63) is 47.3 Å². The summed E-state index contributed by atoms with van der Waals surface area (Å²) in [5, 5.41) is 4.81.